The van der Waals surface area contributed by atoms with Gasteiger partial charge in [-0.05, 0) is 25.1 Å². The summed E-state index contributed by atoms with van der Waals surface area (Å²) in [5.74, 6) is 1.49. The molecule has 8 nitrogen and oxygen atoms in total. The molecule has 0 radical (unpaired) electrons. The van der Waals surface area contributed by atoms with Crippen molar-refractivity contribution in [2.24, 2.45) is 0 Å². The lowest BCUT2D eigenvalue weighted by Gasteiger charge is -2.33. The highest BCUT2D eigenvalue weighted by Crippen LogP contribution is 2.21. The number of sulfonamides is 1. The van der Waals surface area contributed by atoms with Crippen LogP contribution in [-0.4, -0.2) is 65.0 Å². The van der Waals surface area contributed by atoms with E-state index in [1.165, 1.54) is 10.6 Å². The summed E-state index contributed by atoms with van der Waals surface area (Å²) in [6.45, 7) is 4.17. The summed E-state index contributed by atoms with van der Waals surface area (Å²) in [4.78, 5) is 2.08. The summed E-state index contributed by atoms with van der Waals surface area (Å²) in [7, 11) is -3.14. The lowest BCUT2D eigenvalue weighted by Crippen LogP contribution is -2.48. The molecule has 136 valence electrons. The van der Waals surface area contributed by atoms with Gasteiger partial charge in [0.05, 0.1) is 6.26 Å². The zero-order chi connectivity index (χ0) is 18.3. The van der Waals surface area contributed by atoms with Crippen LogP contribution in [0.3, 0.4) is 0 Å². The number of hydrogen-bond acceptors (Lipinski definition) is 6. The van der Waals surface area contributed by atoms with E-state index < -0.39 is 10.0 Å². The Morgan fingerprint density at radius 2 is 1.77 bits per heavy atom. The van der Waals surface area contributed by atoms with Crippen LogP contribution in [-0.2, 0) is 10.0 Å². The van der Waals surface area contributed by atoms with Gasteiger partial charge in [0.25, 0.3) is 0 Å². The van der Waals surface area contributed by atoms with Crippen molar-refractivity contribution in [3.8, 4) is 11.4 Å². The first-order chi connectivity index (χ1) is 12.4. The zero-order valence-electron chi connectivity index (χ0n) is 14.7. The Bertz CT molecular complexity index is 1050. The number of hydrogen-bond donors (Lipinski definition) is 0. The minimum atomic E-state index is -3.14. The maximum atomic E-state index is 11.7. The van der Waals surface area contributed by atoms with E-state index in [2.05, 4.69) is 21.2 Å². The molecule has 26 heavy (non-hydrogen) atoms. The number of nitrogens with zero attached hydrogens (tertiary/aromatic N) is 6. The normalized spacial score (nSPS) is 16.3. The highest BCUT2D eigenvalue weighted by atomic mass is 32.2. The Morgan fingerprint density at radius 3 is 2.46 bits per heavy atom. The maximum Gasteiger partial charge on any atom is 0.211 e. The second-order valence-electron chi connectivity index (χ2n) is 6.50. The van der Waals surface area contributed by atoms with Gasteiger partial charge in [-0.25, -0.2) is 8.42 Å². The molecule has 0 bridgehead atoms. The molecular formula is C17H20N6O2S. The van der Waals surface area contributed by atoms with E-state index in [9.17, 15) is 8.42 Å². The van der Waals surface area contributed by atoms with Gasteiger partial charge in [0, 0.05) is 31.7 Å². The maximum absolute atomic E-state index is 11.7. The SMILES string of the molecule is Cc1cccc(-c2nnc3ccc(N4CCN(S(C)(=O)=O)CC4)nn23)c1. The molecule has 0 spiro atoms. The van der Waals surface area contributed by atoms with Crippen LogP contribution in [0.4, 0.5) is 5.82 Å². The molecule has 2 aromatic heterocycles. The number of rotatable bonds is 3. The van der Waals surface area contributed by atoms with Crippen molar-refractivity contribution in [1.82, 2.24) is 24.1 Å². The Kier molecular flexibility index (Phi) is 4.12. The van der Waals surface area contributed by atoms with Crippen molar-refractivity contribution in [3.63, 3.8) is 0 Å². The molecule has 1 saturated heterocycles. The number of benzene rings is 1. The minimum absolute atomic E-state index is 0.464. The van der Waals surface area contributed by atoms with Crippen LogP contribution < -0.4 is 4.90 Å². The topological polar surface area (TPSA) is 83.7 Å². The van der Waals surface area contributed by atoms with Crippen molar-refractivity contribution in [2.75, 3.05) is 37.3 Å². The fraction of sp³-hybridized carbons (Fsp3) is 0.353. The fourth-order valence-corrected chi connectivity index (χ4v) is 3.99. The molecule has 0 aliphatic carbocycles. The monoisotopic (exact) mass is 372 g/mol. The predicted octanol–water partition coefficient (Wildman–Crippen LogP) is 1.18. The summed E-state index contributed by atoms with van der Waals surface area (Å²) in [5, 5.41) is 13.2. The summed E-state index contributed by atoms with van der Waals surface area (Å²) >= 11 is 0. The molecule has 1 aliphatic rings. The zero-order valence-corrected chi connectivity index (χ0v) is 15.5. The number of aromatic nitrogens is 4. The van der Waals surface area contributed by atoms with Gasteiger partial charge < -0.3 is 4.90 Å². The highest BCUT2D eigenvalue weighted by Gasteiger charge is 2.24. The molecule has 0 unspecified atom stereocenters. The summed E-state index contributed by atoms with van der Waals surface area (Å²) in [6.07, 6.45) is 1.25. The number of fused-ring (bicyclic) bond motifs is 1. The van der Waals surface area contributed by atoms with Crippen molar-refractivity contribution < 1.29 is 8.42 Å². The van der Waals surface area contributed by atoms with E-state index in [0.29, 0.717) is 37.7 Å². The molecule has 0 amide bonds. The van der Waals surface area contributed by atoms with E-state index in [4.69, 9.17) is 5.10 Å². The van der Waals surface area contributed by atoms with Crippen molar-refractivity contribution in [1.29, 1.82) is 0 Å². The lowest BCUT2D eigenvalue weighted by atomic mass is 10.1. The van der Waals surface area contributed by atoms with Crippen molar-refractivity contribution in [3.05, 3.63) is 42.0 Å². The van der Waals surface area contributed by atoms with E-state index in [-0.39, 0.29) is 0 Å². The Labute approximate surface area is 152 Å². The van der Waals surface area contributed by atoms with Crippen molar-refractivity contribution >= 4 is 21.5 Å². The van der Waals surface area contributed by atoms with Crippen LogP contribution >= 0.6 is 0 Å². The first kappa shape index (κ1) is 16.9. The first-order valence-electron chi connectivity index (χ1n) is 8.41. The summed E-state index contributed by atoms with van der Waals surface area (Å²) in [6, 6.07) is 11.9. The molecular weight excluding hydrogens is 352 g/mol. The second-order valence-corrected chi connectivity index (χ2v) is 8.49. The van der Waals surface area contributed by atoms with Gasteiger partial charge in [-0.15, -0.1) is 15.3 Å². The quantitative estimate of drug-likeness (QED) is 0.687. The fourth-order valence-electron chi connectivity index (χ4n) is 3.16. The average Bonchev–Trinajstić information content (AvgIpc) is 3.04. The molecule has 1 fully saturated rings. The number of aryl methyl sites for hydroxylation is 1. The lowest BCUT2D eigenvalue weighted by molar-refractivity contribution is 0.386. The van der Waals surface area contributed by atoms with Gasteiger partial charge in [0.15, 0.2) is 11.5 Å². The second kappa shape index (κ2) is 6.33. The number of piperazine rings is 1. The van der Waals surface area contributed by atoms with E-state index in [1.807, 2.05) is 37.3 Å². The molecule has 0 atom stereocenters. The summed E-state index contributed by atoms with van der Waals surface area (Å²) in [5.41, 5.74) is 2.79. The molecule has 1 aromatic carbocycles. The van der Waals surface area contributed by atoms with Gasteiger partial charge in [-0.1, -0.05) is 23.8 Å². The van der Waals surface area contributed by atoms with Crippen LogP contribution in [0.15, 0.2) is 36.4 Å². The van der Waals surface area contributed by atoms with E-state index >= 15 is 0 Å². The van der Waals surface area contributed by atoms with Crippen LogP contribution in [0.25, 0.3) is 17.0 Å². The highest BCUT2D eigenvalue weighted by molar-refractivity contribution is 7.88. The van der Waals surface area contributed by atoms with Crippen molar-refractivity contribution in [2.45, 2.75) is 6.92 Å². The number of anilines is 1. The Balaban J connectivity index is 1.65. The van der Waals surface area contributed by atoms with E-state index in [0.717, 1.165) is 16.9 Å². The predicted molar refractivity (Wildman–Crippen MR) is 99.6 cm³/mol. The molecule has 3 heterocycles. The van der Waals surface area contributed by atoms with Crippen LogP contribution in [0.2, 0.25) is 0 Å². The van der Waals surface area contributed by atoms with Gasteiger partial charge in [0.1, 0.15) is 5.82 Å². The summed E-state index contributed by atoms with van der Waals surface area (Å²) < 4.78 is 26.6. The Hall–Kier alpha value is -2.52. The minimum Gasteiger partial charge on any atom is -0.353 e. The molecule has 9 heteroatoms. The van der Waals surface area contributed by atoms with Crippen LogP contribution in [0.5, 0.6) is 0 Å². The molecule has 3 aromatic rings. The third-order valence-corrected chi connectivity index (χ3v) is 5.86. The average molecular weight is 372 g/mol. The standard InChI is InChI=1S/C17H20N6O2S/c1-13-4-3-5-14(12-13)17-19-18-15-6-7-16(20-23(15)17)21-8-10-22(11-9-21)26(2,24)25/h3-7,12H,8-11H2,1-2H3. The molecule has 0 saturated carbocycles. The van der Waals surface area contributed by atoms with Gasteiger partial charge >= 0.3 is 0 Å². The first-order valence-corrected chi connectivity index (χ1v) is 10.3. The smallest absolute Gasteiger partial charge is 0.211 e. The van der Waals surface area contributed by atoms with Gasteiger partial charge in [0.2, 0.25) is 10.0 Å². The van der Waals surface area contributed by atoms with E-state index in [1.54, 1.807) is 4.52 Å². The third kappa shape index (κ3) is 3.15. The van der Waals surface area contributed by atoms with Gasteiger partial charge in [-0.2, -0.15) is 8.82 Å². The molecule has 0 N–H and O–H groups in total. The molecule has 1 aliphatic heterocycles. The van der Waals surface area contributed by atoms with Crippen LogP contribution in [0, 0.1) is 6.92 Å². The Morgan fingerprint density at radius 1 is 1.00 bits per heavy atom. The largest absolute Gasteiger partial charge is 0.353 e. The third-order valence-electron chi connectivity index (χ3n) is 4.56. The van der Waals surface area contributed by atoms with Gasteiger partial charge in [-0.3, -0.25) is 0 Å². The van der Waals surface area contributed by atoms with Crippen LogP contribution in [0.1, 0.15) is 5.56 Å². The molecule has 4 rings (SSSR count).